The number of amides is 1. The Kier molecular flexibility index (Phi) is 6.59. The molecule has 0 unspecified atom stereocenters. The highest BCUT2D eigenvalue weighted by atomic mass is 35.5. The van der Waals surface area contributed by atoms with Crippen LogP contribution in [0.5, 0.6) is 5.75 Å². The summed E-state index contributed by atoms with van der Waals surface area (Å²) in [4.78, 5) is 12.7. The summed E-state index contributed by atoms with van der Waals surface area (Å²) in [6.45, 7) is 1.02. The number of carbonyl (C=O) groups is 1. The predicted molar refractivity (Wildman–Crippen MR) is 110 cm³/mol. The Hall–Kier alpha value is -2.09. The van der Waals surface area contributed by atoms with Crippen LogP contribution in [0.1, 0.15) is 36.0 Å². The molecule has 3 rings (SSSR count). The van der Waals surface area contributed by atoms with Gasteiger partial charge >= 0.3 is 0 Å². The highest BCUT2D eigenvalue weighted by Gasteiger charge is 2.26. The predicted octanol–water partition coefficient (Wildman–Crippen LogP) is 4.17. The highest BCUT2D eigenvalue weighted by Crippen LogP contribution is 2.30. The molecule has 0 aliphatic carbocycles. The molecule has 2 aromatic rings. The Morgan fingerprint density at radius 1 is 1.07 bits per heavy atom. The van der Waals surface area contributed by atoms with E-state index >= 15 is 0 Å². The number of ether oxygens (including phenoxy) is 1. The molecule has 8 heteroatoms. The molecular weight excluding hydrogens is 400 g/mol. The zero-order chi connectivity index (χ0) is 20.1. The number of nitrogens with zero attached hydrogens (tertiary/aromatic N) is 1. The number of hydrogen-bond acceptors (Lipinski definition) is 4. The van der Waals surface area contributed by atoms with Crippen LogP contribution in [0.3, 0.4) is 0 Å². The molecule has 0 radical (unpaired) electrons. The number of sulfonamides is 1. The third-order valence-electron chi connectivity index (χ3n) is 4.71. The maximum Gasteiger partial charge on any atom is 0.255 e. The van der Waals surface area contributed by atoms with Crippen LogP contribution in [0, 0.1) is 0 Å². The van der Waals surface area contributed by atoms with Gasteiger partial charge in [-0.25, -0.2) is 8.42 Å². The summed E-state index contributed by atoms with van der Waals surface area (Å²) >= 11 is 5.95. The van der Waals surface area contributed by atoms with Gasteiger partial charge in [-0.1, -0.05) is 30.5 Å². The molecule has 0 atom stereocenters. The van der Waals surface area contributed by atoms with Gasteiger partial charge in [-0.05, 0) is 49.2 Å². The summed E-state index contributed by atoms with van der Waals surface area (Å²) in [7, 11) is -2.17. The Labute approximate surface area is 170 Å². The van der Waals surface area contributed by atoms with Crippen LogP contribution in [0.25, 0.3) is 0 Å². The van der Waals surface area contributed by atoms with Crippen molar-refractivity contribution in [2.24, 2.45) is 0 Å². The van der Waals surface area contributed by atoms with E-state index in [1.807, 2.05) is 0 Å². The second-order valence-electron chi connectivity index (χ2n) is 6.64. The fourth-order valence-corrected chi connectivity index (χ4v) is 4.93. The van der Waals surface area contributed by atoms with Gasteiger partial charge in [-0.2, -0.15) is 4.31 Å². The molecule has 0 bridgehead atoms. The number of halogens is 1. The molecule has 1 aliphatic heterocycles. The number of methoxy groups -OCH3 is 1. The highest BCUT2D eigenvalue weighted by molar-refractivity contribution is 7.89. The Morgan fingerprint density at radius 3 is 2.43 bits per heavy atom. The average Bonchev–Trinajstić information content (AvgIpc) is 2.98. The second kappa shape index (κ2) is 8.94. The smallest absolute Gasteiger partial charge is 0.255 e. The average molecular weight is 423 g/mol. The summed E-state index contributed by atoms with van der Waals surface area (Å²) in [5, 5.41) is 3.17. The lowest BCUT2D eigenvalue weighted by Crippen LogP contribution is -2.32. The van der Waals surface area contributed by atoms with Crippen LogP contribution in [-0.4, -0.2) is 38.8 Å². The van der Waals surface area contributed by atoms with Gasteiger partial charge in [0.2, 0.25) is 10.0 Å². The number of benzene rings is 2. The van der Waals surface area contributed by atoms with Gasteiger partial charge in [-0.15, -0.1) is 0 Å². The summed E-state index contributed by atoms with van der Waals surface area (Å²) < 4.78 is 32.9. The Morgan fingerprint density at radius 2 is 1.79 bits per heavy atom. The van der Waals surface area contributed by atoms with E-state index in [0.29, 0.717) is 35.1 Å². The molecule has 0 spiro atoms. The molecule has 2 aromatic carbocycles. The summed E-state index contributed by atoms with van der Waals surface area (Å²) in [5.41, 5.74) is 0.665. The van der Waals surface area contributed by atoms with Crippen molar-refractivity contribution in [1.82, 2.24) is 4.31 Å². The first kappa shape index (κ1) is 20.6. The molecule has 6 nitrogen and oxygen atoms in total. The lowest BCUT2D eigenvalue weighted by atomic mass is 10.2. The van der Waals surface area contributed by atoms with Crippen LogP contribution in [0.15, 0.2) is 47.4 Å². The van der Waals surface area contributed by atoms with E-state index in [9.17, 15) is 13.2 Å². The molecule has 1 aliphatic rings. The minimum absolute atomic E-state index is 0.136. The maximum atomic E-state index is 13.0. The van der Waals surface area contributed by atoms with Crippen LogP contribution >= 0.6 is 11.6 Å². The summed E-state index contributed by atoms with van der Waals surface area (Å²) in [6, 6.07) is 11.0. The number of hydrogen-bond donors (Lipinski definition) is 1. The van der Waals surface area contributed by atoms with E-state index in [1.54, 1.807) is 30.3 Å². The standard InChI is InChI=1S/C20H23ClN2O4S/c1-27-19-10-9-17(28(25,26)23-11-4-2-3-5-12-23)14-18(19)22-20(24)15-7-6-8-16(21)13-15/h6-10,13-14H,2-5,11-12H2,1H3,(H,22,24). The van der Waals surface area contributed by atoms with Crippen LogP contribution in [0.4, 0.5) is 5.69 Å². The van der Waals surface area contributed by atoms with Gasteiger partial charge in [-0.3, -0.25) is 4.79 Å². The Bertz CT molecular complexity index is 954. The molecule has 1 heterocycles. The number of carbonyl (C=O) groups excluding carboxylic acids is 1. The van der Waals surface area contributed by atoms with Crippen molar-refractivity contribution in [1.29, 1.82) is 0 Å². The van der Waals surface area contributed by atoms with Crippen molar-refractivity contribution in [2.75, 3.05) is 25.5 Å². The largest absolute Gasteiger partial charge is 0.495 e. The third-order valence-corrected chi connectivity index (χ3v) is 6.84. The Balaban J connectivity index is 1.90. The van der Waals surface area contributed by atoms with Gasteiger partial charge in [0.1, 0.15) is 5.75 Å². The van der Waals surface area contributed by atoms with Crippen molar-refractivity contribution in [3.05, 3.63) is 53.1 Å². The van der Waals surface area contributed by atoms with Gasteiger partial charge in [0, 0.05) is 23.7 Å². The van der Waals surface area contributed by atoms with E-state index in [0.717, 1.165) is 25.7 Å². The number of nitrogens with one attached hydrogen (secondary N) is 1. The van der Waals surface area contributed by atoms with Crippen LogP contribution < -0.4 is 10.1 Å². The monoisotopic (exact) mass is 422 g/mol. The molecule has 1 N–H and O–H groups in total. The molecule has 1 fully saturated rings. The van der Waals surface area contributed by atoms with Crippen LogP contribution in [-0.2, 0) is 10.0 Å². The van der Waals surface area contributed by atoms with Crippen molar-refractivity contribution in [3.63, 3.8) is 0 Å². The summed E-state index contributed by atoms with van der Waals surface area (Å²) in [6.07, 6.45) is 3.78. The summed E-state index contributed by atoms with van der Waals surface area (Å²) in [5.74, 6) is -0.0182. The lowest BCUT2D eigenvalue weighted by molar-refractivity contribution is 0.102. The van der Waals surface area contributed by atoms with Crippen molar-refractivity contribution >= 4 is 33.2 Å². The van der Waals surface area contributed by atoms with Gasteiger partial charge in [0.25, 0.3) is 5.91 Å². The molecule has 1 saturated heterocycles. The van der Waals surface area contributed by atoms with Crippen molar-refractivity contribution < 1.29 is 17.9 Å². The molecule has 1 amide bonds. The maximum absolute atomic E-state index is 13.0. The second-order valence-corrected chi connectivity index (χ2v) is 9.02. The van der Waals surface area contributed by atoms with Crippen LogP contribution in [0.2, 0.25) is 5.02 Å². The molecule has 0 aromatic heterocycles. The van der Waals surface area contributed by atoms with E-state index in [1.165, 1.54) is 23.5 Å². The molecule has 28 heavy (non-hydrogen) atoms. The van der Waals surface area contributed by atoms with Crippen molar-refractivity contribution in [3.8, 4) is 5.75 Å². The lowest BCUT2D eigenvalue weighted by Gasteiger charge is -2.21. The third kappa shape index (κ3) is 4.66. The van der Waals surface area contributed by atoms with Crippen molar-refractivity contribution in [2.45, 2.75) is 30.6 Å². The van der Waals surface area contributed by atoms with E-state index < -0.39 is 15.9 Å². The molecular formula is C20H23ClN2O4S. The molecule has 0 saturated carbocycles. The molecule has 150 valence electrons. The van der Waals surface area contributed by atoms with Gasteiger partial charge in [0.15, 0.2) is 0 Å². The van der Waals surface area contributed by atoms with E-state index in [-0.39, 0.29) is 4.90 Å². The first-order valence-electron chi connectivity index (χ1n) is 9.17. The van der Waals surface area contributed by atoms with Gasteiger partial charge in [0.05, 0.1) is 17.7 Å². The normalized spacial score (nSPS) is 15.6. The first-order chi connectivity index (χ1) is 13.4. The van der Waals surface area contributed by atoms with E-state index in [2.05, 4.69) is 5.32 Å². The quantitative estimate of drug-likeness (QED) is 0.784. The van der Waals surface area contributed by atoms with E-state index in [4.69, 9.17) is 16.3 Å². The number of anilines is 1. The minimum Gasteiger partial charge on any atom is -0.495 e. The number of rotatable bonds is 5. The zero-order valence-electron chi connectivity index (χ0n) is 15.7. The first-order valence-corrected chi connectivity index (χ1v) is 11.0. The fourth-order valence-electron chi connectivity index (χ4n) is 3.20. The van der Waals surface area contributed by atoms with Gasteiger partial charge < -0.3 is 10.1 Å². The fraction of sp³-hybridized carbons (Fsp3) is 0.350. The zero-order valence-corrected chi connectivity index (χ0v) is 17.2. The minimum atomic E-state index is -3.63. The topological polar surface area (TPSA) is 75.7 Å². The SMILES string of the molecule is COc1ccc(S(=O)(=O)N2CCCCCC2)cc1NC(=O)c1cccc(Cl)c1.